The average Bonchev–Trinajstić information content (AvgIpc) is 2.92. The van der Waals surface area contributed by atoms with Gasteiger partial charge in [-0.15, -0.1) is 0 Å². The minimum atomic E-state index is -0.540. The molecule has 0 bridgehead atoms. The zero-order valence-corrected chi connectivity index (χ0v) is 21.5. The fourth-order valence-electron chi connectivity index (χ4n) is 3.51. The molecule has 12 heteroatoms. The van der Waals surface area contributed by atoms with Crippen LogP contribution in [0.15, 0.2) is 81.4 Å². The quantitative estimate of drug-likeness (QED) is 0.301. The van der Waals surface area contributed by atoms with Crippen molar-refractivity contribution >= 4 is 29.0 Å². The summed E-state index contributed by atoms with van der Waals surface area (Å²) < 4.78 is 8.40. The number of anilines is 1. The molecule has 0 saturated carbocycles. The summed E-state index contributed by atoms with van der Waals surface area (Å²) in [6.45, 7) is 2.24. The first kappa shape index (κ1) is 26.4. The maximum Gasteiger partial charge on any atom is 0.335 e. The standard InChI is InChI=1S/C26H26ClN7O4/c1-3-33-25(36)32-24(34(26(33)37)16-17-4-6-18(27)7-5-17)31-19-8-10-20(11-9-19)38-21-12-13-29-22(14-21)30-15-23(35)28-2/h4-14H,3,15-16H2,1-2H3,(H,28,35)(H,29,30)(H,31,32,36). The molecule has 4 aromatic rings. The summed E-state index contributed by atoms with van der Waals surface area (Å²) >= 11 is 5.99. The van der Waals surface area contributed by atoms with Gasteiger partial charge in [-0.25, -0.2) is 24.1 Å². The number of carbonyl (C=O) groups excluding carboxylic acids is 1. The zero-order valence-electron chi connectivity index (χ0n) is 20.8. The molecule has 4 rings (SSSR count). The van der Waals surface area contributed by atoms with Crippen LogP contribution in [-0.4, -0.2) is 38.6 Å². The Hall–Kier alpha value is -4.64. The number of amides is 1. The molecule has 0 unspecified atom stereocenters. The topological polar surface area (TPSA) is 135 Å². The summed E-state index contributed by atoms with van der Waals surface area (Å²) in [7, 11) is 1.56. The molecule has 38 heavy (non-hydrogen) atoms. The van der Waals surface area contributed by atoms with E-state index in [0.717, 1.165) is 10.1 Å². The van der Waals surface area contributed by atoms with Crippen molar-refractivity contribution in [2.45, 2.75) is 20.0 Å². The minimum Gasteiger partial charge on any atom is -0.457 e. The van der Waals surface area contributed by atoms with Gasteiger partial charge < -0.3 is 15.4 Å². The fourth-order valence-corrected chi connectivity index (χ4v) is 3.64. The number of pyridine rings is 1. The predicted molar refractivity (Wildman–Crippen MR) is 144 cm³/mol. The Balaban J connectivity index is 1.59. The molecule has 0 fully saturated rings. The number of aromatic amines is 1. The zero-order chi connectivity index (χ0) is 27.1. The normalized spacial score (nSPS) is 11.3. The lowest BCUT2D eigenvalue weighted by Gasteiger charge is -2.10. The smallest absolute Gasteiger partial charge is 0.335 e. The second-order valence-corrected chi connectivity index (χ2v) is 8.54. The van der Waals surface area contributed by atoms with E-state index in [1.807, 2.05) is 12.1 Å². The Kier molecular flexibility index (Phi) is 8.39. The van der Waals surface area contributed by atoms with Gasteiger partial charge in [-0.3, -0.25) is 14.3 Å². The van der Waals surface area contributed by atoms with E-state index in [1.54, 1.807) is 68.7 Å². The average molecular weight is 536 g/mol. The van der Waals surface area contributed by atoms with Crippen molar-refractivity contribution < 1.29 is 9.53 Å². The number of rotatable bonds is 9. The number of carbonyl (C=O) groups is 1. The number of H-pyrrole nitrogens is 1. The third-order valence-electron chi connectivity index (χ3n) is 5.50. The molecule has 2 aromatic heterocycles. The highest BCUT2D eigenvalue weighted by Gasteiger charge is 2.09. The molecule has 0 spiro atoms. The number of hydrogen-bond donors (Lipinski definition) is 3. The van der Waals surface area contributed by atoms with Gasteiger partial charge in [0, 0.05) is 30.9 Å². The van der Waals surface area contributed by atoms with Gasteiger partial charge in [-0.05, 0) is 55.0 Å². The monoisotopic (exact) mass is 535 g/mol. The van der Waals surface area contributed by atoms with E-state index < -0.39 is 11.4 Å². The van der Waals surface area contributed by atoms with E-state index in [0.29, 0.717) is 28.0 Å². The molecule has 0 aliphatic rings. The molecule has 1 amide bonds. The number of likely N-dealkylation sites (N-methyl/N-ethyl adjacent to an activating group) is 1. The maximum atomic E-state index is 13.1. The number of halogens is 1. The number of nitrogens with zero attached hydrogens (tertiary/aromatic N) is 4. The van der Waals surface area contributed by atoms with Gasteiger partial charge >= 0.3 is 11.4 Å². The van der Waals surface area contributed by atoms with E-state index >= 15 is 0 Å². The molecule has 2 aromatic carbocycles. The Morgan fingerprint density at radius 3 is 2.47 bits per heavy atom. The van der Waals surface area contributed by atoms with Crippen LogP contribution in [0.5, 0.6) is 11.5 Å². The van der Waals surface area contributed by atoms with E-state index in [9.17, 15) is 14.4 Å². The Bertz CT molecular complexity index is 1610. The number of ether oxygens (including phenoxy) is 1. The van der Waals surface area contributed by atoms with E-state index in [2.05, 4.69) is 25.6 Å². The highest BCUT2D eigenvalue weighted by atomic mass is 35.5. The SMILES string of the molecule is CCn1c(=O)[nH]/c(=N\c2ccc(Oc3ccnc(NCC(=O)NC)c3)cc2)n(Cc2ccc(Cl)cc2)c1=O. The molecule has 0 aliphatic heterocycles. The molecular weight excluding hydrogens is 510 g/mol. The Morgan fingerprint density at radius 2 is 1.79 bits per heavy atom. The first-order valence-electron chi connectivity index (χ1n) is 11.8. The first-order chi connectivity index (χ1) is 18.4. The van der Waals surface area contributed by atoms with Crippen LogP contribution in [0.2, 0.25) is 5.02 Å². The van der Waals surface area contributed by atoms with Crippen LogP contribution in [0.25, 0.3) is 0 Å². The van der Waals surface area contributed by atoms with Gasteiger partial charge in [0.2, 0.25) is 11.5 Å². The van der Waals surface area contributed by atoms with Crippen LogP contribution in [0.3, 0.4) is 0 Å². The van der Waals surface area contributed by atoms with Crippen LogP contribution in [-0.2, 0) is 17.9 Å². The number of hydrogen-bond acceptors (Lipinski definition) is 7. The highest BCUT2D eigenvalue weighted by Crippen LogP contribution is 2.25. The molecule has 0 radical (unpaired) electrons. The van der Waals surface area contributed by atoms with Crippen molar-refractivity contribution in [1.82, 2.24) is 24.4 Å². The number of benzene rings is 2. The molecule has 0 aliphatic carbocycles. The van der Waals surface area contributed by atoms with Gasteiger partial charge in [-0.2, -0.15) is 0 Å². The Morgan fingerprint density at radius 1 is 1.05 bits per heavy atom. The van der Waals surface area contributed by atoms with Crippen molar-refractivity contribution in [2.75, 3.05) is 18.9 Å². The lowest BCUT2D eigenvalue weighted by molar-refractivity contribution is -0.118. The van der Waals surface area contributed by atoms with Crippen LogP contribution in [0.4, 0.5) is 11.5 Å². The van der Waals surface area contributed by atoms with Gasteiger partial charge in [0.25, 0.3) is 0 Å². The van der Waals surface area contributed by atoms with Crippen molar-refractivity contribution in [3.8, 4) is 11.5 Å². The number of nitrogens with one attached hydrogen (secondary N) is 3. The third kappa shape index (κ3) is 6.56. The van der Waals surface area contributed by atoms with Crippen molar-refractivity contribution in [1.29, 1.82) is 0 Å². The van der Waals surface area contributed by atoms with Gasteiger partial charge in [-0.1, -0.05) is 23.7 Å². The maximum absolute atomic E-state index is 13.1. The first-order valence-corrected chi connectivity index (χ1v) is 12.2. The highest BCUT2D eigenvalue weighted by molar-refractivity contribution is 6.30. The molecule has 11 nitrogen and oxygen atoms in total. The van der Waals surface area contributed by atoms with Crippen LogP contribution >= 0.6 is 11.6 Å². The van der Waals surface area contributed by atoms with Crippen LogP contribution in [0, 0.1) is 0 Å². The second-order valence-electron chi connectivity index (χ2n) is 8.10. The number of aromatic nitrogens is 4. The van der Waals surface area contributed by atoms with E-state index in [1.165, 1.54) is 4.57 Å². The molecule has 3 N–H and O–H groups in total. The Labute approximate surface area is 222 Å². The molecule has 0 saturated heterocycles. The lowest BCUT2D eigenvalue weighted by atomic mass is 10.2. The van der Waals surface area contributed by atoms with E-state index in [-0.39, 0.29) is 31.2 Å². The molecular formula is C26H26ClN7O4. The minimum absolute atomic E-state index is 0.0894. The van der Waals surface area contributed by atoms with Crippen molar-refractivity contribution in [2.24, 2.45) is 4.99 Å². The van der Waals surface area contributed by atoms with E-state index in [4.69, 9.17) is 16.3 Å². The van der Waals surface area contributed by atoms with Gasteiger partial charge in [0.05, 0.1) is 18.8 Å². The van der Waals surface area contributed by atoms with Gasteiger partial charge in [0.15, 0.2) is 0 Å². The summed E-state index contributed by atoms with van der Waals surface area (Å²) in [5, 5.41) is 6.03. The largest absolute Gasteiger partial charge is 0.457 e. The molecule has 2 heterocycles. The molecule has 0 atom stereocenters. The summed E-state index contributed by atoms with van der Waals surface area (Å²) in [6, 6.07) is 17.3. The second kappa shape index (κ2) is 12.1. The summed E-state index contributed by atoms with van der Waals surface area (Å²) in [6.07, 6.45) is 1.57. The summed E-state index contributed by atoms with van der Waals surface area (Å²) in [4.78, 5) is 48.4. The molecule has 196 valence electrons. The lowest BCUT2D eigenvalue weighted by Crippen LogP contribution is -2.49. The predicted octanol–water partition coefficient (Wildman–Crippen LogP) is 2.64. The van der Waals surface area contributed by atoms with Crippen LogP contribution < -0.4 is 32.4 Å². The van der Waals surface area contributed by atoms with Gasteiger partial charge in [0.1, 0.15) is 17.3 Å². The summed E-state index contributed by atoms with van der Waals surface area (Å²) in [5.41, 5.74) is 0.446. The third-order valence-corrected chi connectivity index (χ3v) is 5.75. The van der Waals surface area contributed by atoms with Crippen molar-refractivity contribution in [3.63, 3.8) is 0 Å². The summed E-state index contributed by atoms with van der Waals surface area (Å²) in [5.74, 6) is 1.39. The van der Waals surface area contributed by atoms with Crippen LogP contribution in [0.1, 0.15) is 12.5 Å². The fraction of sp³-hybridized carbons (Fsp3) is 0.192. The van der Waals surface area contributed by atoms with Crippen molar-refractivity contribution in [3.05, 3.63) is 104 Å².